The van der Waals surface area contributed by atoms with E-state index >= 15 is 0 Å². The number of hydrogen-bond acceptors (Lipinski definition) is 3. The van der Waals surface area contributed by atoms with Crippen molar-refractivity contribution in [1.82, 2.24) is 10.2 Å². The van der Waals surface area contributed by atoms with Gasteiger partial charge in [-0.3, -0.25) is 4.90 Å². The molecule has 1 saturated heterocycles. The van der Waals surface area contributed by atoms with E-state index in [-0.39, 0.29) is 0 Å². The van der Waals surface area contributed by atoms with E-state index in [0.717, 1.165) is 31.2 Å². The standard InChI is InChI=1S/C16H28N2O/c1-6-13-9-17-15(16(3,4)5)11-18(13)10-14-8-7-12(2)19-14/h7-8,13,15,17H,6,9-11H2,1-5H3. The Morgan fingerprint density at radius 2 is 2.11 bits per heavy atom. The zero-order valence-corrected chi connectivity index (χ0v) is 13.0. The van der Waals surface area contributed by atoms with Crippen molar-refractivity contribution in [3.8, 4) is 0 Å². The molecule has 1 aromatic rings. The summed E-state index contributed by atoms with van der Waals surface area (Å²) in [6.07, 6.45) is 1.18. The lowest BCUT2D eigenvalue weighted by Gasteiger charge is -2.44. The molecule has 3 nitrogen and oxygen atoms in total. The van der Waals surface area contributed by atoms with Gasteiger partial charge in [-0.05, 0) is 30.9 Å². The van der Waals surface area contributed by atoms with Gasteiger partial charge in [-0.2, -0.15) is 0 Å². The minimum absolute atomic E-state index is 0.302. The van der Waals surface area contributed by atoms with E-state index < -0.39 is 0 Å². The zero-order chi connectivity index (χ0) is 14.0. The van der Waals surface area contributed by atoms with Crippen molar-refractivity contribution in [3.05, 3.63) is 23.7 Å². The molecule has 108 valence electrons. The van der Waals surface area contributed by atoms with E-state index in [9.17, 15) is 0 Å². The molecule has 1 N–H and O–H groups in total. The zero-order valence-electron chi connectivity index (χ0n) is 13.0. The summed E-state index contributed by atoms with van der Waals surface area (Å²) in [5.41, 5.74) is 0.302. The van der Waals surface area contributed by atoms with Gasteiger partial charge < -0.3 is 9.73 Å². The summed E-state index contributed by atoms with van der Waals surface area (Å²) in [6, 6.07) is 5.32. The SMILES string of the molecule is CCC1CNC(C(C)(C)C)CN1Cc1ccc(C)o1. The predicted octanol–water partition coefficient (Wildman–Crippen LogP) is 3.19. The van der Waals surface area contributed by atoms with E-state index in [1.807, 2.05) is 6.92 Å². The Kier molecular flexibility index (Phi) is 4.36. The molecule has 1 aliphatic heterocycles. The first-order valence-corrected chi connectivity index (χ1v) is 7.43. The lowest BCUT2D eigenvalue weighted by Crippen LogP contribution is -2.59. The lowest BCUT2D eigenvalue weighted by molar-refractivity contribution is 0.0717. The van der Waals surface area contributed by atoms with Gasteiger partial charge in [0.1, 0.15) is 11.5 Å². The first-order chi connectivity index (χ1) is 8.90. The van der Waals surface area contributed by atoms with Crippen LogP contribution in [0.2, 0.25) is 0 Å². The highest BCUT2D eigenvalue weighted by atomic mass is 16.3. The van der Waals surface area contributed by atoms with Crippen molar-refractivity contribution in [3.63, 3.8) is 0 Å². The van der Waals surface area contributed by atoms with Gasteiger partial charge in [0.15, 0.2) is 0 Å². The summed E-state index contributed by atoms with van der Waals surface area (Å²) in [5.74, 6) is 2.09. The average molecular weight is 264 g/mol. The van der Waals surface area contributed by atoms with Gasteiger partial charge in [-0.25, -0.2) is 0 Å². The molecule has 2 rings (SSSR count). The molecule has 0 spiro atoms. The van der Waals surface area contributed by atoms with Gasteiger partial charge in [0.05, 0.1) is 6.54 Å². The van der Waals surface area contributed by atoms with Gasteiger partial charge >= 0.3 is 0 Å². The Bertz CT molecular complexity index is 405. The number of hydrogen-bond donors (Lipinski definition) is 1. The van der Waals surface area contributed by atoms with E-state index in [2.05, 4.69) is 50.0 Å². The first-order valence-electron chi connectivity index (χ1n) is 7.43. The fraction of sp³-hybridized carbons (Fsp3) is 0.750. The number of nitrogens with one attached hydrogen (secondary N) is 1. The molecule has 3 heteroatoms. The summed E-state index contributed by atoms with van der Waals surface area (Å²) < 4.78 is 5.74. The third-order valence-corrected chi connectivity index (χ3v) is 4.20. The number of furan rings is 1. The maximum Gasteiger partial charge on any atom is 0.118 e. The molecule has 1 aromatic heterocycles. The smallest absolute Gasteiger partial charge is 0.118 e. The largest absolute Gasteiger partial charge is 0.465 e. The second-order valence-electron chi connectivity index (χ2n) is 6.83. The summed E-state index contributed by atoms with van der Waals surface area (Å²) in [5, 5.41) is 3.71. The van der Waals surface area contributed by atoms with Gasteiger partial charge in [0.2, 0.25) is 0 Å². The minimum Gasteiger partial charge on any atom is -0.465 e. The Hall–Kier alpha value is -0.800. The molecule has 0 radical (unpaired) electrons. The monoisotopic (exact) mass is 264 g/mol. The van der Waals surface area contributed by atoms with Gasteiger partial charge in [0.25, 0.3) is 0 Å². The quantitative estimate of drug-likeness (QED) is 0.909. The van der Waals surface area contributed by atoms with Crippen LogP contribution in [0.25, 0.3) is 0 Å². The molecule has 2 atom stereocenters. The maximum atomic E-state index is 5.74. The van der Waals surface area contributed by atoms with E-state index in [1.54, 1.807) is 0 Å². The molecule has 0 bridgehead atoms. The van der Waals surface area contributed by atoms with Crippen molar-refractivity contribution in [2.24, 2.45) is 5.41 Å². The summed E-state index contributed by atoms with van der Waals surface area (Å²) in [7, 11) is 0. The molecular formula is C16H28N2O. The number of nitrogens with zero attached hydrogens (tertiary/aromatic N) is 1. The van der Waals surface area contributed by atoms with Crippen molar-refractivity contribution in [1.29, 1.82) is 0 Å². The van der Waals surface area contributed by atoms with Gasteiger partial charge in [0, 0.05) is 25.2 Å². The Morgan fingerprint density at radius 3 is 2.63 bits per heavy atom. The Labute approximate surface area is 117 Å². The Balaban J connectivity index is 2.05. The van der Waals surface area contributed by atoms with Crippen LogP contribution in [0.15, 0.2) is 16.5 Å². The third-order valence-electron chi connectivity index (χ3n) is 4.20. The normalized spacial score (nSPS) is 25.7. The third kappa shape index (κ3) is 3.61. The minimum atomic E-state index is 0.302. The number of rotatable bonds is 3. The van der Waals surface area contributed by atoms with Crippen molar-refractivity contribution in [2.45, 2.75) is 59.7 Å². The van der Waals surface area contributed by atoms with Crippen LogP contribution in [0.5, 0.6) is 0 Å². The molecule has 0 aromatic carbocycles. The van der Waals surface area contributed by atoms with Crippen LogP contribution < -0.4 is 5.32 Å². The van der Waals surface area contributed by atoms with E-state index in [4.69, 9.17) is 4.42 Å². The molecule has 2 heterocycles. The van der Waals surface area contributed by atoms with Crippen molar-refractivity contribution >= 4 is 0 Å². The summed E-state index contributed by atoms with van der Waals surface area (Å²) >= 11 is 0. The summed E-state index contributed by atoms with van der Waals surface area (Å²) in [6.45, 7) is 14.3. The van der Waals surface area contributed by atoms with Crippen LogP contribution >= 0.6 is 0 Å². The molecule has 1 aliphatic rings. The van der Waals surface area contributed by atoms with Crippen molar-refractivity contribution in [2.75, 3.05) is 13.1 Å². The average Bonchev–Trinajstić information content (AvgIpc) is 2.73. The van der Waals surface area contributed by atoms with Crippen LogP contribution in [-0.2, 0) is 6.54 Å². The molecule has 0 amide bonds. The molecule has 19 heavy (non-hydrogen) atoms. The van der Waals surface area contributed by atoms with E-state index in [0.29, 0.717) is 17.5 Å². The van der Waals surface area contributed by atoms with Crippen LogP contribution in [0.4, 0.5) is 0 Å². The fourth-order valence-corrected chi connectivity index (χ4v) is 2.80. The first kappa shape index (κ1) is 14.6. The van der Waals surface area contributed by atoms with Crippen molar-refractivity contribution < 1.29 is 4.42 Å². The van der Waals surface area contributed by atoms with Crippen LogP contribution in [-0.4, -0.2) is 30.1 Å². The highest BCUT2D eigenvalue weighted by molar-refractivity contribution is 5.06. The highest BCUT2D eigenvalue weighted by Crippen LogP contribution is 2.25. The van der Waals surface area contributed by atoms with Gasteiger partial charge in [-0.1, -0.05) is 27.7 Å². The van der Waals surface area contributed by atoms with Crippen LogP contribution in [0.3, 0.4) is 0 Å². The second kappa shape index (κ2) is 5.68. The second-order valence-corrected chi connectivity index (χ2v) is 6.83. The van der Waals surface area contributed by atoms with E-state index in [1.165, 1.54) is 6.42 Å². The summed E-state index contributed by atoms with van der Waals surface area (Å²) in [4.78, 5) is 2.57. The molecule has 0 saturated carbocycles. The van der Waals surface area contributed by atoms with Crippen LogP contribution in [0, 0.1) is 12.3 Å². The topological polar surface area (TPSA) is 28.4 Å². The molecular weight excluding hydrogens is 236 g/mol. The lowest BCUT2D eigenvalue weighted by atomic mass is 9.84. The number of aryl methyl sites for hydroxylation is 1. The molecule has 2 unspecified atom stereocenters. The number of piperazine rings is 1. The van der Waals surface area contributed by atoms with Gasteiger partial charge in [-0.15, -0.1) is 0 Å². The fourth-order valence-electron chi connectivity index (χ4n) is 2.80. The highest BCUT2D eigenvalue weighted by Gasteiger charge is 2.33. The molecule has 1 fully saturated rings. The molecule has 0 aliphatic carbocycles. The predicted molar refractivity (Wildman–Crippen MR) is 79.2 cm³/mol. The maximum absolute atomic E-state index is 5.74. The van der Waals surface area contributed by atoms with Crippen LogP contribution in [0.1, 0.15) is 45.6 Å². The Morgan fingerprint density at radius 1 is 1.37 bits per heavy atom.